The second-order valence-electron chi connectivity index (χ2n) is 6.88. The molecular formula is C21H18ClN3O5S. The van der Waals surface area contributed by atoms with Crippen molar-refractivity contribution in [1.82, 2.24) is 10.2 Å². The van der Waals surface area contributed by atoms with E-state index in [0.29, 0.717) is 11.1 Å². The summed E-state index contributed by atoms with van der Waals surface area (Å²) < 4.78 is 0. The Hall–Kier alpha value is -3.17. The molecule has 1 fully saturated rings. The van der Waals surface area contributed by atoms with Crippen LogP contribution in [-0.2, 0) is 4.79 Å². The molecular weight excluding hydrogens is 442 g/mol. The average molecular weight is 460 g/mol. The number of carbonyl (C=O) groups excluding carboxylic acids is 3. The summed E-state index contributed by atoms with van der Waals surface area (Å²) in [6.45, 7) is 3.83. The molecule has 0 radical (unpaired) electrons. The highest BCUT2D eigenvalue weighted by Crippen LogP contribution is 2.33. The van der Waals surface area contributed by atoms with E-state index < -0.39 is 16.1 Å². The van der Waals surface area contributed by atoms with Crippen molar-refractivity contribution < 1.29 is 19.3 Å². The van der Waals surface area contributed by atoms with Gasteiger partial charge in [-0.2, -0.15) is 0 Å². The van der Waals surface area contributed by atoms with Crippen LogP contribution in [-0.4, -0.2) is 40.0 Å². The molecule has 160 valence electrons. The number of nitrogens with zero attached hydrogens (tertiary/aromatic N) is 2. The van der Waals surface area contributed by atoms with Crippen LogP contribution >= 0.6 is 23.4 Å². The van der Waals surface area contributed by atoms with Crippen molar-refractivity contribution in [2.75, 3.05) is 13.1 Å². The molecule has 8 nitrogen and oxygen atoms in total. The SMILES string of the molecule is Cc1ccc(C)c(C(=O)NCCN2C(=O)S/C(=C\c3ccc(Cl)c([N+](=O)[O-])c3)C2=O)c1. The lowest BCUT2D eigenvalue weighted by atomic mass is 10.1. The minimum Gasteiger partial charge on any atom is -0.350 e. The number of imide groups is 1. The third-order valence-corrected chi connectivity index (χ3v) is 5.82. The van der Waals surface area contributed by atoms with Crippen LogP contribution in [0.5, 0.6) is 0 Å². The summed E-state index contributed by atoms with van der Waals surface area (Å²) in [5, 5.41) is 13.3. The molecule has 0 spiro atoms. The summed E-state index contributed by atoms with van der Waals surface area (Å²) in [4.78, 5) is 48.8. The molecule has 10 heteroatoms. The topological polar surface area (TPSA) is 110 Å². The summed E-state index contributed by atoms with van der Waals surface area (Å²) in [7, 11) is 0. The predicted molar refractivity (Wildman–Crippen MR) is 119 cm³/mol. The Morgan fingerprint density at radius 1 is 1.23 bits per heavy atom. The second kappa shape index (κ2) is 9.32. The fourth-order valence-corrected chi connectivity index (χ4v) is 4.01. The zero-order valence-corrected chi connectivity index (χ0v) is 18.2. The van der Waals surface area contributed by atoms with Crippen LogP contribution in [0.1, 0.15) is 27.0 Å². The first kappa shape index (κ1) is 22.5. The van der Waals surface area contributed by atoms with E-state index in [9.17, 15) is 24.5 Å². The van der Waals surface area contributed by atoms with Crippen molar-refractivity contribution in [3.05, 3.63) is 78.7 Å². The molecule has 0 bridgehead atoms. The smallest absolute Gasteiger partial charge is 0.293 e. The lowest BCUT2D eigenvalue weighted by Gasteiger charge is -2.13. The number of nitro groups is 1. The Labute approximate surface area is 187 Å². The molecule has 1 aliphatic heterocycles. The summed E-state index contributed by atoms with van der Waals surface area (Å²) in [5.41, 5.74) is 2.41. The molecule has 2 aromatic carbocycles. The number of aryl methyl sites for hydroxylation is 2. The zero-order valence-electron chi connectivity index (χ0n) is 16.7. The minimum atomic E-state index is -0.621. The van der Waals surface area contributed by atoms with Crippen LogP contribution in [0.4, 0.5) is 10.5 Å². The summed E-state index contributed by atoms with van der Waals surface area (Å²) >= 11 is 6.53. The summed E-state index contributed by atoms with van der Waals surface area (Å²) in [6.07, 6.45) is 1.41. The van der Waals surface area contributed by atoms with E-state index in [0.717, 1.165) is 27.8 Å². The largest absolute Gasteiger partial charge is 0.350 e. The highest BCUT2D eigenvalue weighted by molar-refractivity contribution is 8.18. The van der Waals surface area contributed by atoms with Crippen molar-refractivity contribution >= 4 is 52.2 Å². The van der Waals surface area contributed by atoms with Gasteiger partial charge in [0.05, 0.1) is 9.83 Å². The summed E-state index contributed by atoms with van der Waals surface area (Å²) in [5.74, 6) is -0.800. The van der Waals surface area contributed by atoms with E-state index in [1.54, 1.807) is 6.07 Å². The maximum Gasteiger partial charge on any atom is 0.293 e. The van der Waals surface area contributed by atoms with Crippen molar-refractivity contribution in [3.8, 4) is 0 Å². The van der Waals surface area contributed by atoms with Gasteiger partial charge in [0.2, 0.25) is 0 Å². The van der Waals surface area contributed by atoms with E-state index in [1.807, 2.05) is 26.0 Å². The number of hydrogen-bond acceptors (Lipinski definition) is 6. The molecule has 0 aromatic heterocycles. The van der Waals surface area contributed by atoms with Gasteiger partial charge in [-0.15, -0.1) is 0 Å². The van der Waals surface area contributed by atoms with Gasteiger partial charge in [-0.05, 0) is 54.9 Å². The van der Waals surface area contributed by atoms with Gasteiger partial charge in [-0.3, -0.25) is 29.4 Å². The third kappa shape index (κ3) is 5.12. The van der Waals surface area contributed by atoms with Crippen LogP contribution in [0.2, 0.25) is 5.02 Å². The first-order chi connectivity index (χ1) is 14.7. The first-order valence-electron chi connectivity index (χ1n) is 9.22. The molecule has 1 aliphatic rings. The molecule has 1 N–H and O–H groups in total. The van der Waals surface area contributed by atoms with Gasteiger partial charge in [0.15, 0.2) is 0 Å². The van der Waals surface area contributed by atoms with Crippen LogP contribution in [0.15, 0.2) is 41.3 Å². The maximum absolute atomic E-state index is 12.6. The number of rotatable bonds is 6. The molecule has 2 aromatic rings. The molecule has 0 unspecified atom stereocenters. The Bertz CT molecular complexity index is 1130. The average Bonchev–Trinajstić information content (AvgIpc) is 2.98. The van der Waals surface area contributed by atoms with Crippen molar-refractivity contribution in [2.24, 2.45) is 0 Å². The van der Waals surface area contributed by atoms with E-state index >= 15 is 0 Å². The lowest BCUT2D eigenvalue weighted by molar-refractivity contribution is -0.384. The van der Waals surface area contributed by atoms with Gasteiger partial charge in [-0.25, -0.2) is 0 Å². The lowest BCUT2D eigenvalue weighted by Crippen LogP contribution is -2.37. The summed E-state index contributed by atoms with van der Waals surface area (Å²) in [6, 6.07) is 9.66. The van der Waals surface area contributed by atoms with Gasteiger partial charge in [0, 0.05) is 24.7 Å². The van der Waals surface area contributed by atoms with Gasteiger partial charge < -0.3 is 5.32 Å². The highest BCUT2D eigenvalue weighted by Gasteiger charge is 2.34. The molecule has 3 rings (SSSR count). The number of halogens is 1. The number of carbonyl (C=O) groups is 3. The van der Waals surface area contributed by atoms with Crippen molar-refractivity contribution in [2.45, 2.75) is 13.8 Å². The first-order valence-corrected chi connectivity index (χ1v) is 10.4. The number of amides is 3. The molecule has 1 heterocycles. The van der Waals surface area contributed by atoms with Gasteiger partial charge >= 0.3 is 0 Å². The van der Waals surface area contributed by atoms with Gasteiger partial charge in [0.25, 0.3) is 22.7 Å². The number of nitrogens with one attached hydrogen (secondary N) is 1. The number of benzene rings is 2. The van der Waals surface area contributed by atoms with Crippen LogP contribution in [0.25, 0.3) is 6.08 Å². The van der Waals surface area contributed by atoms with Crippen molar-refractivity contribution in [1.29, 1.82) is 0 Å². The highest BCUT2D eigenvalue weighted by atomic mass is 35.5. The number of hydrogen-bond donors (Lipinski definition) is 1. The van der Waals surface area contributed by atoms with E-state index in [1.165, 1.54) is 24.3 Å². The molecule has 0 saturated carbocycles. The molecule has 0 atom stereocenters. The zero-order chi connectivity index (χ0) is 22.7. The molecule has 0 aliphatic carbocycles. The Morgan fingerprint density at radius 3 is 2.68 bits per heavy atom. The number of thioether (sulfide) groups is 1. The minimum absolute atomic E-state index is 0.0133. The Morgan fingerprint density at radius 2 is 1.97 bits per heavy atom. The predicted octanol–water partition coefficient (Wildman–Crippen LogP) is 4.33. The van der Waals surface area contributed by atoms with Crippen LogP contribution in [0, 0.1) is 24.0 Å². The van der Waals surface area contributed by atoms with Crippen LogP contribution < -0.4 is 5.32 Å². The van der Waals surface area contributed by atoms with E-state index in [4.69, 9.17) is 11.6 Å². The van der Waals surface area contributed by atoms with Crippen LogP contribution in [0.3, 0.4) is 0 Å². The molecule has 31 heavy (non-hydrogen) atoms. The van der Waals surface area contributed by atoms with E-state index in [2.05, 4.69) is 5.32 Å². The molecule has 1 saturated heterocycles. The van der Waals surface area contributed by atoms with Gasteiger partial charge in [0.1, 0.15) is 5.02 Å². The van der Waals surface area contributed by atoms with E-state index in [-0.39, 0.29) is 34.6 Å². The normalized spacial score (nSPS) is 14.9. The standard InChI is InChI=1S/C21H18ClN3O5S/c1-12-3-4-13(2)15(9-12)19(26)23-7-8-24-20(27)18(31-21(24)28)11-14-5-6-16(22)17(10-14)25(29)30/h3-6,9-11H,7-8H2,1-2H3,(H,23,26)/b18-11-. The molecule has 3 amide bonds. The Balaban J connectivity index is 1.66. The fourth-order valence-electron chi connectivity index (χ4n) is 2.96. The second-order valence-corrected chi connectivity index (χ2v) is 8.28. The third-order valence-electron chi connectivity index (χ3n) is 4.60. The Kier molecular flexibility index (Phi) is 6.77. The monoisotopic (exact) mass is 459 g/mol. The van der Waals surface area contributed by atoms with Crippen molar-refractivity contribution in [3.63, 3.8) is 0 Å². The fraction of sp³-hybridized carbons (Fsp3) is 0.190. The van der Waals surface area contributed by atoms with Gasteiger partial charge in [-0.1, -0.05) is 35.4 Å². The maximum atomic E-state index is 12.6. The quantitative estimate of drug-likeness (QED) is 0.391. The number of nitro benzene ring substituents is 1.